The molecular formula is C15H19N3OS. The van der Waals surface area contributed by atoms with Gasteiger partial charge in [-0.1, -0.05) is 55.4 Å². The average molecular weight is 289 g/mol. The average Bonchev–Trinajstić information content (AvgIpc) is 2.45. The normalized spacial score (nSPS) is 12.3. The zero-order chi connectivity index (χ0) is 14.4. The molecule has 0 saturated carbocycles. The molecule has 5 heteroatoms. The van der Waals surface area contributed by atoms with Crippen molar-refractivity contribution in [2.24, 2.45) is 5.73 Å². The van der Waals surface area contributed by atoms with Crippen LogP contribution >= 0.6 is 11.8 Å². The Kier molecular flexibility index (Phi) is 5.38. The minimum absolute atomic E-state index is 0.0937. The minimum atomic E-state index is -0.102. The number of rotatable bonds is 6. The maximum absolute atomic E-state index is 11.7. The van der Waals surface area contributed by atoms with Gasteiger partial charge >= 0.3 is 0 Å². The van der Waals surface area contributed by atoms with E-state index in [1.54, 1.807) is 6.07 Å². The number of hydrogen-bond donors (Lipinski definition) is 2. The number of nitrogens with one attached hydrogen (secondary N) is 1. The van der Waals surface area contributed by atoms with Gasteiger partial charge in [0.05, 0.1) is 0 Å². The molecule has 1 unspecified atom stereocenters. The van der Waals surface area contributed by atoms with Crippen LogP contribution in [0.2, 0.25) is 0 Å². The molecule has 1 atom stereocenters. The first-order valence-corrected chi connectivity index (χ1v) is 7.62. The lowest BCUT2D eigenvalue weighted by Gasteiger charge is -2.14. The molecule has 0 aliphatic carbocycles. The van der Waals surface area contributed by atoms with Gasteiger partial charge in [0.25, 0.3) is 5.56 Å². The van der Waals surface area contributed by atoms with Gasteiger partial charge in [-0.2, -0.15) is 0 Å². The summed E-state index contributed by atoms with van der Waals surface area (Å²) in [4.78, 5) is 18.9. The summed E-state index contributed by atoms with van der Waals surface area (Å²) < 4.78 is 0. The molecule has 0 aliphatic heterocycles. The third-order valence-electron chi connectivity index (χ3n) is 2.92. The van der Waals surface area contributed by atoms with E-state index in [2.05, 4.69) is 16.9 Å². The molecule has 0 fully saturated rings. The Hall–Kier alpha value is -1.59. The number of nitrogens with zero attached hydrogens (tertiary/aromatic N) is 1. The van der Waals surface area contributed by atoms with Crippen LogP contribution in [-0.2, 0) is 6.42 Å². The third-order valence-corrected chi connectivity index (χ3v) is 4.08. The van der Waals surface area contributed by atoms with Crippen LogP contribution in [0.25, 0.3) is 0 Å². The van der Waals surface area contributed by atoms with Crippen LogP contribution in [0, 0.1) is 0 Å². The monoisotopic (exact) mass is 289 g/mol. The largest absolute Gasteiger partial charge is 0.329 e. The molecule has 2 rings (SSSR count). The van der Waals surface area contributed by atoms with E-state index < -0.39 is 0 Å². The Labute approximate surface area is 122 Å². The van der Waals surface area contributed by atoms with Gasteiger partial charge in [0.2, 0.25) is 0 Å². The quantitative estimate of drug-likeness (QED) is 0.633. The molecule has 106 valence electrons. The summed E-state index contributed by atoms with van der Waals surface area (Å²) >= 11 is 1.50. The number of hydrogen-bond acceptors (Lipinski definition) is 4. The Morgan fingerprint density at radius 3 is 2.75 bits per heavy atom. The molecule has 0 spiro atoms. The van der Waals surface area contributed by atoms with Crippen LogP contribution in [-0.4, -0.2) is 16.5 Å². The second kappa shape index (κ2) is 7.26. The fourth-order valence-corrected chi connectivity index (χ4v) is 2.97. The first kappa shape index (κ1) is 14.8. The van der Waals surface area contributed by atoms with E-state index in [1.807, 2.05) is 30.3 Å². The predicted octanol–water partition coefficient (Wildman–Crippen LogP) is 2.51. The molecule has 1 aromatic carbocycles. The van der Waals surface area contributed by atoms with Crippen molar-refractivity contribution in [3.8, 4) is 0 Å². The topological polar surface area (TPSA) is 71.8 Å². The zero-order valence-corrected chi connectivity index (χ0v) is 12.3. The Morgan fingerprint density at radius 2 is 2.10 bits per heavy atom. The first-order chi connectivity index (χ1) is 9.72. The second-order valence-corrected chi connectivity index (χ2v) is 5.74. The van der Waals surface area contributed by atoms with Crippen molar-refractivity contribution >= 4 is 11.8 Å². The Morgan fingerprint density at radius 1 is 1.35 bits per heavy atom. The lowest BCUT2D eigenvalue weighted by Crippen LogP contribution is -2.13. The Balaban J connectivity index is 2.21. The smallest absolute Gasteiger partial charge is 0.251 e. The zero-order valence-electron chi connectivity index (χ0n) is 11.5. The van der Waals surface area contributed by atoms with E-state index >= 15 is 0 Å². The number of thioether (sulfide) groups is 1. The summed E-state index contributed by atoms with van der Waals surface area (Å²) in [5, 5.41) is 0.733. The molecule has 0 aliphatic rings. The van der Waals surface area contributed by atoms with Crippen LogP contribution < -0.4 is 11.3 Å². The highest BCUT2D eigenvalue weighted by Gasteiger charge is 2.13. The molecule has 2 aromatic rings. The summed E-state index contributed by atoms with van der Waals surface area (Å²) in [7, 11) is 0. The number of aryl methyl sites for hydroxylation is 1. The van der Waals surface area contributed by atoms with Gasteiger partial charge in [-0.15, -0.1) is 0 Å². The molecular weight excluding hydrogens is 270 g/mol. The van der Waals surface area contributed by atoms with Crippen LogP contribution in [0.3, 0.4) is 0 Å². The highest BCUT2D eigenvalue weighted by atomic mass is 32.2. The van der Waals surface area contributed by atoms with E-state index in [0.29, 0.717) is 11.7 Å². The number of benzene rings is 1. The number of nitrogens with two attached hydrogens (primary N) is 1. The first-order valence-electron chi connectivity index (χ1n) is 6.75. The number of H-pyrrole nitrogens is 1. The highest BCUT2D eigenvalue weighted by Crippen LogP contribution is 2.31. The molecule has 20 heavy (non-hydrogen) atoms. The second-order valence-electron chi connectivity index (χ2n) is 4.54. The van der Waals surface area contributed by atoms with E-state index in [1.165, 1.54) is 11.8 Å². The van der Waals surface area contributed by atoms with Crippen molar-refractivity contribution in [1.29, 1.82) is 0 Å². The number of aromatic nitrogens is 2. The van der Waals surface area contributed by atoms with E-state index in [9.17, 15) is 4.79 Å². The van der Waals surface area contributed by atoms with E-state index in [4.69, 9.17) is 5.73 Å². The molecule has 0 radical (unpaired) electrons. The lowest BCUT2D eigenvalue weighted by atomic mass is 10.1. The standard InChI is InChI=1S/C15H19N3OS/c1-2-6-12-9-14(19)18-15(17-12)20-13(10-16)11-7-4-3-5-8-11/h3-5,7-9,13H,2,6,10,16H2,1H3,(H,17,18,19). The van der Waals surface area contributed by atoms with Crippen molar-refractivity contribution in [3.05, 3.63) is 58.0 Å². The van der Waals surface area contributed by atoms with Gasteiger partial charge in [0.1, 0.15) is 0 Å². The van der Waals surface area contributed by atoms with Crippen molar-refractivity contribution in [2.75, 3.05) is 6.54 Å². The van der Waals surface area contributed by atoms with Crippen LogP contribution in [0.15, 0.2) is 46.3 Å². The molecule has 1 aromatic heterocycles. The van der Waals surface area contributed by atoms with Gasteiger partial charge in [0.15, 0.2) is 5.16 Å². The summed E-state index contributed by atoms with van der Waals surface area (Å²) in [6.45, 7) is 2.57. The maximum atomic E-state index is 11.7. The van der Waals surface area contributed by atoms with Gasteiger partial charge in [-0.05, 0) is 12.0 Å². The maximum Gasteiger partial charge on any atom is 0.251 e. The van der Waals surface area contributed by atoms with Gasteiger partial charge in [0, 0.05) is 23.6 Å². The number of aromatic amines is 1. The molecule has 4 nitrogen and oxygen atoms in total. The summed E-state index contributed by atoms with van der Waals surface area (Å²) in [5.41, 5.74) is 7.72. The molecule has 0 amide bonds. The molecule has 1 heterocycles. The SMILES string of the molecule is CCCc1cc(=O)[nH]c(SC(CN)c2ccccc2)n1. The van der Waals surface area contributed by atoms with Gasteiger partial charge in [-0.25, -0.2) is 4.98 Å². The van der Waals surface area contributed by atoms with Gasteiger partial charge < -0.3 is 10.7 Å². The van der Waals surface area contributed by atoms with Gasteiger partial charge in [-0.3, -0.25) is 4.79 Å². The summed E-state index contributed by atoms with van der Waals surface area (Å²) in [5.74, 6) is 0. The van der Waals surface area contributed by atoms with E-state index in [0.717, 1.165) is 24.1 Å². The van der Waals surface area contributed by atoms with Crippen molar-refractivity contribution in [3.63, 3.8) is 0 Å². The molecule has 0 saturated heterocycles. The fraction of sp³-hybridized carbons (Fsp3) is 0.333. The summed E-state index contributed by atoms with van der Waals surface area (Å²) in [6, 6.07) is 11.6. The molecule has 0 bridgehead atoms. The van der Waals surface area contributed by atoms with Crippen molar-refractivity contribution in [2.45, 2.75) is 30.2 Å². The minimum Gasteiger partial charge on any atom is -0.329 e. The Bertz CT molecular complexity index is 598. The third kappa shape index (κ3) is 3.95. The summed E-state index contributed by atoms with van der Waals surface area (Å²) in [6.07, 6.45) is 1.79. The highest BCUT2D eigenvalue weighted by molar-refractivity contribution is 7.99. The fourth-order valence-electron chi connectivity index (χ4n) is 1.98. The molecule has 3 N–H and O–H groups in total. The van der Waals surface area contributed by atoms with Crippen LogP contribution in [0.1, 0.15) is 29.9 Å². The lowest BCUT2D eigenvalue weighted by molar-refractivity contribution is 0.810. The van der Waals surface area contributed by atoms with E-state index in [-0.39, 0.29) is 10.8 Å². The van der Waals surface area contributed by atoms with Crippen LogP contribution in [0.4, 0.5) is 0 Å². The predicted molar refractivity (Wildman–Crippen MR) is 82.9 cm³/mol. The van der Waals surface area contributed by atoms with Crippen molar-refractivity contribution < 1.29 is 0 Å². The van der Waals surface area contributed by atoms with Crippen LogP contribution in [0.5, 0.6) is 0 Å². The van der Waals surface area contributed by atoms with Crippen molar-refractivity contribution in [1.82, 2.24) is 9.97 Å².